The van der Waals surface area contributed by atoms with Gasteiger partial charge in [-0.3, -0.25) is 4.90 Å². The summed E-state index contributed by atoms with van der Waals surface area (Å²) >= 11 is 1.85. The molecule has 0 aliphatic carbocycles. The predicted octanol–water partition coefficient (Wildman–Crippen LogP) is 2.14. The zero-order valence-corrected chi connectivity index (χ0v) is 11.2. The van der Waals surface area contributed by atoms with E-state index in [1.165, 1.54) is 0 Å². The van der Waals surface area contributed by atoms with Gasteiger partial charge in [0.2, 0.25) is 0 Å². The summed E-state index contributed by atoms with van der Waals surface area (Å²) in [5.74, 6) is 3.14. The van der Waals surface area contributed by atoms with Crippen molar-refractivity contribution in [3.05, 3.63) is 23.7 Å². The number of hydrogen-bond acceptors (Lipinski definition) is 4. The maximum atomic E-state index is 5.82. The fraction of sp³-hybridized carbons (Fsp3) is 0.667. The number of likely N-dealkylation sites (N-methyl/N-ethyl adjacent to an activating group) is 1. The van der Waals surface area contributed by atoms with Crippen LogP contribution < -0.4 is 5.73 Å². The van der Waals surface area contributed by atoms with Gasteiger partial charge in [0.15, 0.2) is 0 Å². The molecular weight excluding hydrogens is 220 g/mol. The Kier molecular flexibility index (Phi) is 5.95. The summed E-state index contributed by atoms with van der Waals surface area (Å²) in [6.07, 6.45) is 3.05. The van der Waals surface area contributed by atoms with Gasteiger partial charge in [0.05, 0.1) is 6.04 Å². The highest BCUT2D eigenvalue weighted by Crippen LogP contribution is 2.21. The lowest BCUT2D eigenvalue weighted by atomic mass is 10.2. The number of nitrogens with zero attached hydrogens (tertiary/aromatic N) is 1. The van der Waals surface area contributed by atoms with Crippen LogP contribution in [0.1, 0.15) is 24.5 Å². The van der Waals surface area contributed by atoms with Crippen molar-refractivity contribution in [2.45, 2.75) is 19.4 Å². The lowest BCUT2D eigenvalue weighted by Gasteiger charge is -2.24. The van der Waals surface area contributed by atoms with Gasteiger partial charge < -0.3 is 10.2 Å². The molecule has 0 aliphatic rings. The van der Waals surface area contributed by atoms with Crippen LogP contribution in [-0.2, 0) is 6.42 Å². The molecule has 1 aromatic rings. The third-order valence-corrected chi connectivity index (χ3v) is 3.35. The van der Waals surface area contributed by atoms with Gasteiger partial charge in [-0.15, -0.1) is 0 Å². The molecule has 0 aliphatic heterocycles. The molecule has 92 valence electrons. The van der Waals surface area contributed by atoms with E-state index in [2.05, 4.69) is 25.1 Å². The normalized spacial score (nSPS) is 13.3. The van der Waals surface area contributed by atoms with Crippen LogP contribution in [0.2, 0.25) is 0 Å². The van der Waals surface area contributed by atoms with Gasteiger partial charge >= 0.3 is 0 Å². The molecule has 0 radical (unpaired) electrons. The Hall–Kier alpha value is -0.450. The molecule has 1 unspecified atom stereocenters. The average molecular weight is 242 g/mol. The first-order valence-electron chi connectivity index (χ1n) is 5.70. The number of rotatable bonds is 7. The van der Waals surface area contributed by atoms with Gasteiger partial charge in [0.1, 0.15) is 11.5 Å². The van der Waals surface area contributed by atoms with E-state index in [1.807, 2.05) is 23.9 Å². The van der Waals surface area contributed by atoms with Crippen molar-refractivity contribution in [1.82, 2.24) is 4.90 Å². The second kappa shape index (κ2) is 6.99. The fourth-order valence-electron chi connectivity index (χ4n) is 1.67. The molecule has 0 fully saturated rings. The van der Waals surface area contributed by atoms with Crippen molar-refractivity contribution in [3.63, 3.8) is 0 Å². The zero-order valence-electron chi connectivity index (χ0n) is 10.4. The molecule has 16 heavy (non-hydrogen) atoms. The minimum Gasteiger partial charge on any atom is -0.464 e. The van der Waals surface area contributed by atoms with E-state index in [1.54, 1.807) is 0 Å². The van der Waals surface area contributed by atoms with Gasteiger partial charge in [-0.2, -0.15) is 11.8 Å². The Bertz CT molecular complexity index is 301. The monoisotopic (exact) mass is 242 g/mol. The van der Waals surface area contributed by atoms with Crippen molar-refractivity contribution in [2.24, 2.45) is 5.73 Å². The number of thioether (sulfide) groups is 1. The molecule has 1 rings (SSSR count). The summed E-state index contributed by atoms with van der Waals surface area (Å²) in [6, 6.07) is 4.29. The molecule has 3 nitrogen and oxygen atoms in total. The Morgan fingerprint density at radius 3 is 2.75 bits per heavy atom. The SMILES string of the molecule is CCc1ccc(C(CN)N(C)CCSC)o1. The molecule has 0 saturated heterocycles. The van der Waals surface area contributed by atoms with Crippen LogP contribution in [0.25, 0.3) is 0 Å². The van der Waals surface area contributed by atoms with E-state index < -0.39 is 0 Å². The smallest absolute Gasteiger partial charge is 0.122 e. The molecule has 0 aromatic carbocycles. The third-order valence-electron chi connectivity index (χ3n) is 2.76. The van der Waals surface area contributed by atoms with Crippen molar-refractivity contribution >= 4 is 11.8 Å². The van der Waals surface area contributed by atoms with Gasteiger partial charge in [0.25, 0.3) is 0 Å². The minimum atomic E-state index is 0.201. The van der Waals surface area contributed by atoms with Gasteiger partial charge in [-0.25, -0.2) is 0 Å². The second-order valence-corrected chi connectivity index (χ2v) is 4.87. The molecule has 0 spiro atoms. The standard InChI is InChI=1S/C12H22N2OS/c1-4-10-5-6-12(15-10)11(9-13)14(2)7-8-16-3/h5-6,11H,4,7-9,13H2,1-3H3. The Morgan fingerprint density at radius 1 is 1.50 bits per heavy atom. The minimum absolute atomic E-state index is 0.201. The van der Waals surface area contributed by atoms with E-state index in [9.17, 15) is 0 Å². The quantitative estimate of drug-likeness (QED) is 0.795. The number of nitrogens with two attached hydrogens (primary N) is 1. The van der Waals surface area contributed by atoms with Crippen molar-refractivity contribution in [1.29, 1.82) is 0 Å². The molecular formula is C12H22N2OS. The Labute approximate surface area is 102 Å². The van der Waals surface area contributed by atoms with Gasteiger partial charge in [0, 0.05) is 25.3 Å². The fourth-order valence-corrected chi connectivity index (χ4v) is 2.14. The van der Waals surface area contributed by atoms with Crippen LogP contribution in [0.5, 0.6) is 0 Å². The van der Waals surface area contributed by atoms with Crippen LogP contribution in [-0.4, -0.2) is 37.0 Å². The molecule has 1 atom stereocenters. The Balaban J connectivity index is 2.65. The topological polar surface area (TPSA) is 42.4 Å². The first-order valence-corrected chi connectivity index (χ1v) is 7.10. The van der Waals surface area contributed by atoms with E-state index in [0.29, 0.717) is 6.54 Å². The number of furan rings is 1. The van der Waals surface area contributed by atoms with E-state index >= 15 is 0 Å². The van der Waals surface area contributed by atoms with Crippen LogP contribution in [0.4, 0.5) is 0 Å². The summed E-state index contributed by atoms with van der Waals surface area (Å²) in [7, 11) is 2.10. The average Bonchev–Trinajstić information content (AvgIpc) is 2.76. The first kappa shape index (κ1) is 13.6. The molecule has 0 bridgehead atoms. The van der Waals surface area contributed by atoms with E-state index in [4.69, 9.17) is 10.2 Å². The van der Waals surface area contributed by atoms with Crippen LogP contribution in [0.15, 0.2) is 16.5 Å². The van der Waals surface area contributed by atoms with Crippen molar-refractivity contribution in [2.75, 3.05) is 32.1 Å². The van der Waals surface area contributed by atoms with Crippen LogP contribution >= 0.6 is 11.8 Å². The second-order valence-electron chi connectivity index (χ2n) is 3.88. The highest BCUT2D eigenvalue weighted by molar-refractivity contribution is 7.98. The van der Waals surface area contributed by atoms with Crippen molar-refractivity contribution < 1.29 is 4.42 Å². The zero-order chi connectivity index (χ0) is 12.0. The number of aryl methyl sites for hydroxylation is 1. The largest absolute Gasteiger partial charge is 0.464 e. The molecule has 4 heteroatoms. The summed E-state index contributed by atoms with van der Waals surface area (Å²) in [6.45, 7) is 3.73. The highest BCUT2D eigenvalue weighted by atomic mass is 32.2. The first-order chi connectivity index (χ1) is 7.72. The molecule has 0 amide bonds. The van der Waals surface area contributed by atoms with E-state index in [0.717, 1.165) is 30.2 Å². The highest BCUT2D eigenvalue weighted by Gasteiger charge is 2.18. The molecule has 1 aromatic heterocycles. The summed E-state index contributed by atoms with van der Waals surface area (Å²) < 4.78 is 5.76. The molecule has 2 N–H and O–H groups in total. The van der Waals surface area contributed by atoms with Gasteiger partial charge in [-0.1, -0.05) is 6.92 Å². The molecule has 0 saturated carbocycles. The van der Waals surface area contributed by atoms with Gasteiger partial charge in [-0.05, 0) is 25.4 Å². The van der Waals surface area contributed by atoms with Crippen molar-refractivity contribution in [3.8, 4) is 0 Å². The summed E-state index contributed by atoms with van der Waals surface area (Å²) in [4.78, 5) is 2.26. The lowest BCUT2D eigenvalue weighted by Crippen LogP contribution is -2.31. The molecule has 1 heterocycles. The maximum Gasteiger partial charge on any atom is 0.122 e. The number of hydrogen-bond donors (Lipinski definition) is 1. The predicted molar refractivity (Wildman–Crippen MR) is 70.9 cm³/mol. The summed E-state index contributed by atoms with van der Waals surface area (Å²) in [5, 5.41) is 0. The maximum absolute atomic E-state index is 5.82. The van der Waals surface area contributed by atoms with E-state index in [-0.39, 0.29) is 6.04 Å². The third kappa shape index (κ3) is 3.54. The van der Waals surface area contributed by atoms with Crippen LogP contribution in [0.3, 0.4) is 0 Å². The summed E-state index contributed by atoms with van der Waals surface area (Å²) in [5.41, 5.74) is 5.82. The van der Waals surface area contributed by atoms with Crippen LogP contribution in [0, 0.1) is 0 Å². The lowest BCUT2D eigenvalue weighted by molar-refractivity contribution is 0.230. The Morgan fingerprint density at radius 2 is 2.25 bits per heavy atom.